The van der Waals surface area contributed by atoms with E-state index in [1.807, 2.05) is 35.6 Å². The van der Waals surface area contributed by atoms with Crippen LogP contribution in [0, 0.1) is 18.3 Å². The molecule has 0 bridgehead atoms. The number of halogens is 4. The Morgan fingerprint density at radius 3 is 2.62 bits per heavy atom. The maximum atomic E-state index is 13.8. The number of fused-ring (bicyclic) bond motifs is 2. The highest BCUT2D eigenvalue weighted by molar-refractivity contribution is 7.18. The number of aryl methyl sites for hydroxylation is 1. The zero-order valence-corrected chi connectivity index (χ0v) is 24.8. The fraction of sp³-hybridized carbons (Fsp3) is 0.500. The van der Waals surface area contributed by atoms with Crippen molar-refractivity contribution in [3.8, 4) is 6.07 Å². The van der Waals surface area contributed by atoms with Crippen molar-refractivity contribution in [1.82, 2.24) is 24.3 Å². The van der Waals surface area contributed by atoms with E-state index in [9.17, 15) is 22.8 Å². The van der Waals surface area contributed by atoms with Crippen molar-refractivity contribution < 1.29 is 17.6 Å². The van der Waals surface area contributed by atoms with Crippen LogP contribution in [0.25, 0.3) is 21.1 Å². The summed E-state index contributed by atoms with van der Waals surface area (Å²) < 4.78 is 54.4. The van der Waals surface area contributed by atoms with E-state index in [-0.39, 0.29) is 17.0 Å². The van der Waals surface area contributed by atoms with E-state index in [4.69, 9.17) is 0 Å². The van der Waals surface area contributed by atoms with Crippen LogP contribution in [0.3, 0.4) is 0 Å². The number of hydrogen-bond donors (Lipinski definition) is 1. The van der Waals surface area contributed by atoms with Crippen molar-refractivity contribution in [1.29, 1.82) is 5.26 Å². The zero-order valence-electron chi connectivity index (χ0n) is 24.0. The molecule has 4 aromatic rings. The van der Waals surface area contributed by atoms with Gasteiger partial charge in [-0.15, -0.1) is 11.3 Å². The summed E-state index contributed by atoms with van der Waals surface area (Å²) in [6.07, 6.45) is -2.08. The number of rotatable bonds is 10. The molecule has 1 atom stereocenters. The van der Waals surface area contributed by atoms with E-state index in [1.54, 1.807) is 6.07 Å². The van der Waals surface area contributed by atoms with E-state index < -0.39 is 19.3 Å². The van der Waals surface area contributed by atoms with Crippen LogP contribution in [0.5, 0.6) is 0 Å². The second-order valence-electron chi connectivity index (χ2n) is 11.1. The minimum Gasteiger partial charge on any atom is -0.367 e. The Morgan fingerprint density at radius 2 is 1.95 bits per heavy atom. The van der Waals surface area contributed by atoms with Crippen LogP contribution in [-0.4, -0.2) is 76.0 Å². The number of nitrogens with zero attached hydrogens (tertiary/aromatic N) is 6. The Balaban J connectivity index is 1.25. The van der Waals surface area contributed by atoms with Crippen molar-refractivity contribution in [2.24, 2.45) is 0 Å². The number of piperidine rings is 1. The molecule has 4 heterocycles. The Labute approximate surface area is 246 Å². The van der Waals surface area contributed by atoms with Gasteiger partial charge in [0.2, 0.25) is 0 Å². The second-order valence-corrected chi connectivity index (χ2v) is 12.2. The topological polar surface area (TPSA) is 73.0 Å². The molecule has 1 N–H and O–H groups in total. The van der Waals surface area contributed by atoms with E-state index >= 15 is 0 Å². The van der Waals surface area contributed by atoms with Crippen LogP contribution < -0.4 is 5.32 Å². The number of alkyl halides is 4. The summed E-state index contributed by atoms with van der Waals surface area (Å²) in [5, 5.41) is 14.9. The first-order valence-electron chi connectivity index (χ1n) is 14.2. The molecule has 1 unspecified atom stereocenters. The molecule has 12 heteroatoms. The average molecular weight is 602 g/mol. The van der Waals surface area contributed by atoms with Crippen LogP contribution in [-0.2, 0) is 19.5 Å². The molecule has 3 aromatic heterocycles. The molecule has 0 saturated carbocycles. The summed E-state index contributed by atoms with van der Waals surface area (Å²) in [6, 6.07) is 9.77. The van der Waals surface area contributed by atoms with Crippen LogP contribution in [0.2, 0.25) is 0 Å². The molecular weight excluding hydrogens is 566 g/mol. The molecule has 0 amide bonds. The molecule has 1 saturated heterocycles. The smallest absolute Gasteiger partial charge is 0.367 e. The largest absolute Gasteiger partial charge is 0.393 e. The Morgan fingerprint density at radius 1 is 1.19 bits per heavy atom. The van der Waals surface area contributed by atoms with Gasteiger partial charge < -0.3 is 9.88 Å². The molecule has 1 aromatic carbocycles. The summed E-state index contributed by atoms with van der Waals surface area (Å²) in [7, 11) is 1.90. The molecule has 224 valence electrons. The summed E-state index contributed by atoms with van der Waals surface area (Å²) in [6.45, 7) is 7.23. The minimum atomic E-state index is -4.26. The number of benzene rings is 1. The summed E-state index contributed by atoms with van der Waals surface area (Å²) in [5.74, 6) is 0.586. The SMILES string of the molecule is CCN(C)C(CF)Cn1c(C#N)cc2c(C)c(CN3CCC(Nc4ncnc5sc(CC(F)(F)F)cc45)CC3)ccc21. The highest BCUT2D eigenvalue weighted by Crippen LogP contribution is 2.33. The predicted octanol–water partition coefficient (Wildman–Crippen LogP) is 6.30. The predicted molar refractivity (Wildman–Crippen MR) is 159 cm³/mol. The van der Waals surface area contributed by atoms with Gasteiger partial charge in [0.15, 0.2) is 0 Å². The number of anilines is 1. The van der Waals surface area contributed by atoms with E-state index in [0.29, 0.717) is 28.3 Å². The number of aromatic nitrogens is 3. The maximum Gasteiger partial charge on any atom is 0.393 e. The Hall–Kier alpha value is -3.27. The van der Waals surface area contributed by atoms with Gasteiger partial charge in [-0.3, -0.25) is 9.80 Å². The molecule has 0 radical (unpaired) electrons. The highest BCUT2D eigenvalue weighted by Gasteiger charge is 2.29. The quantitative estimate of drug-likeness (QED) is 0.215. The highest BCUT2D eigenvalue weighted by atomic mass is 32.1. The number of likely N-dealkylation sites (tertiary alicyclic amines) is 1. The third kappa shape index (κ3) is 6.53. The van der Waals surface area contributed by atoms with E-state index in [0.717, 1.165) is 66.8 Å². The van der Waals surface area contributed by atoms with E-state index in [1.165, 1.54) is 11.9 Å². The van der Waals surface area contributed by atoms with Gasteiger partial charge in [-0.2, -0.15) is 18.4 Å². The van der Waals surface area contributed by atoms with Crippen molar-refractivity contribution in [2.45, 2.75) is 64.5 Å². The monoisotopic (exact) mass is 601 g/mol. The second kappa shape index (κ2) is 12.5. The fourth-order valence-electron chi connectivity index (χ4n) is 5.73. The van der Waals surface area contributed by atoms with Gasteiger partial charge in [-0.1, -0.05) is 13.0 Å². The number of nitrogens with one attached hydrogen (secondary N) is 1. The molecule has 0 aliphatic carbocycles. The normalized spacial score (nSPS) is 16.0. The first kappa shape index (κ1) is 30.2. The Bertz CT molecular complexity index is 1580. The maximum absolute atomic E-state index is 13.8. The van der Waals surface area contributed by atoms with Gasteiger partial charge in [0.05, 0.1) is 17.8 Å². The van der Waals surface area contributed by atoms with Crippen LogP contribution in [0.1, 0.15) is 41.5 Å². The third-order valence-corrected chi connectivity index (χ3v) is 9.40. The molecule has 1 fully saturated rings. The number of hydrogen-bond acceptors (Lipinski definition) is 7. The lowest BCUT2D eigenvalue weighted by atomic mass is 10.0. The van der Waals surface area contributed by atoms with Crippen LogP contribution in [0.15, 0.2) is 30.6 Å². The molecular formula is C30H35F4N7S. The van der Waals surface area contributed by atoms with Crippen molar-refractivity contribution in [2.75, 3.05) is 38.7 Å². The molecule has 0 spiro atoms. The van der Waals surface area contributed by atoms with Gasteiger partial charge in [-0.05, 0) is 62.7 Å². The van der Waals surface area contributed by atoms with Gasteiger partial charge in [0, 0.05) is 48.0 Å². The third-order valence-electron chi connectivity index (χ3n) is 8.35. The van der Waals surface area contributed by atoms with Crippen LogP contribution in [0.4, 0.5) is 23.4 Å². The lowest BCUT2D eigenvalue weighted by molar-refractivity contribution is -0.126. The molecule has 1 aliphatic rings. The summed E-state index contributed by atoms with van der Waals surface area (Å²) in [5.41, 5.74) is 3.80. The first-order valence-corrected chi connectivity index (χ1v) is 15.0. The van der Waals surface area contributed by atoms with Gasteiger partial charge in [-0.25, -0.2) is 14.4 Å². The van der Waals surface area contributed by atoms with E-state index in [2.05, 4.69) is 39.2 Å². The molecule has 1 aliphatic heterocycles. The summed E-state index contributed by atoms with van der Waals surface area (Å²) in [4.78, 5) is 13.7. The van der Waals surface area contributed by atoms with Crippen molar-refractivity contribution in [3.63, 3.8) is 0 Å². The Kier molecular flexibility index (Phi) is 9.01. The first-order chi connectivity index (χ1) is 20.1. The van der Waals surface area contributed by atoms with Gasteiger partial charge in [0.1, 0.15) is 35.4 Å². The number of likely N-dealkylation sites (N-methyl/N-ethyl adjacent to an activating group) is 1. The lowest BCUT2D eigenvalue weighted by Gasteiger charge is -2.33. The lowest BCUT2D eigenvalue weighted by Crippen LogP contribution is -2.39. The zero-order chi connectivity index (χ0) is 30.0. The molecule has 5 rings (SSSR count). The average Bonchev–Trinajstić information content (AvgIpc) is 3.54. The minimum absolute atomic E-state index is 0.158. The van der Waals surface area contributed by atoms with Crippen molar-refractivity contribution in [3.05, 3.63) is 52.3 Å². The van der Waals surface area contributed by atoms with Gasteiger partial charge >= 0.3 is 6.18 Å². The van der Waals surface area contributed by atoms with Gasteiger partial charge in [0.25, 0.3) is 0 Å². The summed E-state index contributed by atoms with van der Waals surface area (Å²) >= 11 is 1.06. The van der Waals surface area contributed by atoms with Crippen LogP contribution >= 0.6 is 11.3 Å². The molecule has 7 nitrogen and oxygen atoms in total. The van der Waals surface area contributed by atoms with Crippen molar-refractivity contribution >= 4 is 38.3 Å². The fourth-order valence-corrected chi connectivity index (χ4v) is 6.76. The number of nitriles is 1. The standard InChI is InChI=1S/C30H35F4N7S/c1-4-39(3)23(14-31)17-41-22(15-35)11-25-19(2)20(5-6-27(25)41)16-40-9-7-21(8-10-40)38-28-26-12-24(13-30(32,33)34)42-29(26)37-18-36-28/h5-6,11-12,18,21,23H,4,7-10,13-14,16-17H2,1-3H3,(H,36,37,38). The molecule has 42 heavy (non-hydrogen) atoms. The number of thiophene rings is 1.